The number of carboxylic acid groups (broad SMARTS) is 1. The van der Waals surface area contributed by atoms with Crippen molar-refractivity contribution in [1.29, 1.82) is 0 Å². The maximum absolute atomic E-state index is 11.2. The van der Waals surface area contributed by atoms with Gasteiger partial charge < -0.3 is 19.4 Å². The molecular formula is C17H13NO6. The molecule has 0 saturated carbocycles. The van der Waals surface area contributed by atoms with Crippen molar-refractivity contribution in [3.8, 4) is 22.8 Å². The second kappa shape index (κ2) is 5.96. The van der Waals surface area contributed by atoms with E-state index in [0.717, 1.165) is 17.7 Å². The minimum atomic E-state index is -1.42. The monoisotopic (exact) mass is 327 g/mol. The number of hydrogen-bond donors (Lipinski definition) is 3. The van der Waals surface area contributed by atoms with Crippen molar-refractivity contribution in [3.63, 3.8) is 0 Å². The summed E-state index contributed by atoms with van der Waals surface area (Å²) in [5.41, 5.74) is 0.539. The Kier molecular flexibility index (Phi) is 3.83. The summed E-state index contributed by atoms with van der Waals surface area (Å²) in [5, 5.41) is 22.9. The highest BCUT2D eigenvalue weighted by Gasteiger charge is 2.26. The number of rotatable bonds is 3. The van der Waals surface area contributed by atoms with Gasteiger partial charge >= 0.3 is 12.1 Å². The molecule has 0 aliphatic heterocycles. The fourth-order valence-corrected chi connectivity index (χ4v) is 2.43. The van der Waals surface area contributed by atoms with Crippen LogP contribution in [0.5, 0.6) is 11.5 Å². The van der Waals surface area contributed by atoms with Gasteiger partial charge in [0.05, 0.1) is 0 Å². The molecule has 3 aromatic rings. The molecule has 122 valence electrons. The third-order valence-electron chi connectivity index (χ3n) is 3.34. The molecule has 1 aromatic heterocycles. The van der Waals surface area contributed by atoms with E-state index in [2.05, 4.69) is 0 Å². The van der Waals surface area contributed by atoms with Gasteiger partial charge in [-0.05, 0) is 10.8 Å². The van der Waals surface area contributed by atoms with Gasteiger partial charge in [0.2, 0.25) is 11.5 Å². The van der Waals surface area contributed by atoms with E-state index in [4.69, 9.17) is 14.3 Å². The quantitative estimate of drug-likeness (QED) is 0.631. The third-order valence-corrected chi connectivity index (χ3v) is 3.34. The zero-order chi connectivity index (χ0) is 17.3. The molecule has 0 atom stereocenters. The predicted octanol–water partition coefficient (Wildman–Crippen LogP) is 3.82. The summed E-state index contributed by atoms with van der Waals surface area (Å²) in [5.74, 6) is -1.90. The molecule has 1 amide bonds. The Morgan fingerprint density at radius 2 is 1.83 bits per heavy atom. The van der Waals surface area contributed by atoms with E-state index in [0.29, 0.717) is 5.56 Å². The fraction of sp³-hybridized carbons (Fsp3) is 0.0588. The molecule has 0 aliphatic rings. The predicted molar refractivity (Wildman–Crippen MR) is 86.3 cm³/mol. The maximum atomic E-state index is 11.2. The molecule has 7 heteroatoms. The number of carbonyl (C=O) groups is 2. The lowest BCUT2D eigenvalue weighted by molar-refractivity contribution is -0.132. The van der Waals surface area contributed by atoms with E-state index in [1.54, 1.807) is 12.1 Å². The molecule has 0 radical (unpaired) electrons. The second-order valence-electron chi connectivity index (χ2n) is 4.99. The molecule has 0 spiro atoms. The molecule has 1 heterocycles. The van der Waals surface area contributed by atoms with Crippen LogP contribution in [0.15, 0.2) is 46.9 Å². The highest BCUT2D eigenvalue weighted by atomic mass is 16.6. The molecule has 0 unspecified atom stereocenters. The first kappa shape index (κ1) is 15.4. The highest BCUT2D eigenvalue weighted by Crippen LogP contribution is 2.47. The van der Waals surface area contributed by atoms with E-state index >= 15 is 0 Å². The molecule has 24 heavy (non-hydrogen) atoms. The number of fused-ring (bicyclic) bond motifs is 1. The number of hydrogen-bond acceptors (Lipinski definition) is 5. The molecule has 0 fully saturated rings. The van der Waals surface area contributed by atoms with Crippen LogP contribution < -0.4 is 10.1 Å². The minimum absolute atomic E-state index is 0.00630. The molecule has 3 rings (SSSR count). The summed E-state index contributed by atoms with van der Waals surface area (Å²) in [4.78, 5) is 22.1. The van der Waals surface area contributed by atoms with Crippen molar-refractivity contribution in [3.05, 3.63) is 42.5 Å². The lowest BCUT2D eigenvalue weighted by Crippen LogP contribution is -2.09. The molecule has 0 saturated heterocycles. The maximum Gasteiger partial charge on any atom is 0.411 e. The van der Waals surface area contributed by atoms with Crippen molar-refractivity contribution in [2.75, 3.05) is 5.32 Å². The van der Waals surface area contributed by atoms with E-state index in [1.165, 1.54) is 0 Å². The molecule has 0 bridgehead atoms. The number of furan rings is 1. The summed E-state index contributed by atoms with van der Waals surface area (Å²) < 4.78 is 10.3. The van der Waals surface area contributed by atoms with E-state index in [1.807, 2.05) is 35.6 Å². The Bertz CT molecular complexity index is 938. The average Bonchev–Trinajstić information content (AvgIpc) is 2.82. The Labute approximate surface area is 136 Å². The first-order valence-electron chi connectivity index (χ1n) is 6.99. The van der Waals surface area contributed by atoms with Crippen LogP contribution in [0.3, 0.4) is 0 Å². The number of nitrogens with one attached hydrogen (secondary N) is 1. The smallest absolute Gasteiger partial charge is 0.411 e. The molecular weight excluding hydrogens is 314 g/mol. The zero-order valence-corrected chi connectivity index (χ0v) is 12.6. The number of amides is 1. The second-order valence-corrected chi connectivity index (χ2v) is 4.99. The normalized spacial score (nSPS) is 10.5. The zero-order valence-electron chi connectivity index (χ0n) is 12.6. The minimum Gasteiger partial charge on any atom is -0.502 e. The lowest BCUT2D eigenvalue weighted by Gasteiger charge is -2.04. The first-order chi connectivity index (χ1) is 11.5. The first-order valence-corrected chi connectivity index (χ1v) is 6.99. The van der Waals surface area contributed by atoms with Gasteiger partial charge in [0, 0.05) is 12.5 Å². The van der Waals surface area contributed by atoms with Gasteiger partial charge in [-0.2, -0.15) is 0 Å². The van der Waals surface area contributed by atoms with Gasteiger partial charge in [0.25, 0.3) is 5.88 Å². The van der Waals surface area contributed by atoms with Crippen LogP contribution in [-0.4, -0.2) is 22.3 Å². The van der Waals surface area contributed by atoms with E-state index in [9.17, 15) is 14.7 Å². The van der Waals surface area contributed by atoms with Gasteiger partial charge in [-0.1, -0.05) is 42.5 Å². The van der Waals surface area contributed by atoms with Crippen LogP contribution in [0.1, 0.15) is 6.92 Å². The summed E-state index contributed by atoms with van der Waals surface area (Å²) in [6, 6.07) is 12.8. The van der Waals surface area contributed by atoms with Crippen molar-refractivity contribution in [1.82, 2.24) is 0 Å². The molecule has 0 aliphatic carbocycles. The van der Waals surface area contributed by atoms with Gasteiger partial charge in [-0.25, -0.2) is 4.79 Å². The molecule has 3 N–H and O–H groups in total. The number of anilines is 1. The summed E-state index contributed by atoms with van der Waals surface area (Å²) in [7, 11) is 0. The van der Waals surface area contributed by atoms with Crippen LogP contribution in [0.2, 0.25) is 0 Å². The van der Waals surface area contributed by atoms with Crippen molar-refractivity contribution in [2.24, 2.45) is 0 Å². The third kappa shape index (κ3) is 2.74. The van der Waals surface area contributed by atoms with E-state index in [-0.39, 0.29) is 17.4 Å². The van der Waals surface area contributed by atoms with Gasteiger partial charge in [0.15, 0.2) is 5.76 Å². The van der Waals surface area contributed by atoms with E-state index < -0.39 is 17.8 Å². The largest absolute Gasteiger partial charge is 0.502 e. The number of esters is 1. The number of carbonyl (C=O) groups excluding carboxylic acids is 1. The molecule has 7 nitrogen and oxygen atoms in total. The van der Waals surface area contributed by atoms with Crippen molar-refractivity contribution < 1.29 is 29.0 Å². The van der Waals surface area contributed by atoms with Crippen LogP contribution in [0.25, 0.3) is 22.1 Å². The van der Waals surface area contributed by atoms with Crippen LogP contribution in [0.4, 0.5) is 10.7 Å². The highest BCUT2D eigenvalue weighted by molar-refractivity contribution is 5.98. The number of benzene rings is 2. The Hall–Kier alpha value is -3.48. The Balaban J connectivity index is 2.22. The lowest BCUT2D eigenvalue weighted by atomic mass is 10.0. The molecule has 2 aromatic carbocycles. The van der Waals surface area contributed by atoms with Crippen LogP contribution >= 0.6 is 0 Å². The summed E-state index contributed by atoms with van der Waals surface area (Å²) in [6.45, 7) is 1.13. The summed E-state index contributed by atoms with van der Waals surface area (Å²) in [6.07, 6.45) is -1.42. The van der Waals surface area contributed by atoms with Gasteiger partial charge in [-0.3, -0.25) is 10.1 Å². The number of aromatic hydroxyl groups is 1. The Morgan fingerprint density at radius 1 is 1.12 bits per heavy atom. The SMILES string of the molecule is CC(=O)Oc1c(NC(=O)O)oc(-c2cccc3ccccc23)c1O. The Morgan fingerprint density at radius 3 is 2.54 bits per heavy atom. The van der Waals surface area contributed by atoms with Crippen molar-refractivity contribution in [2.45, 2.75) is 6.92 Å². The van der Waals surface area contributed by atoms with Crippen LogP contribution in [-0.2, 0) is 4.79 Å². The van der Waals surface area contributed by atoms with Gasteiger partial charge in [-0.15, -0.1) is 0 Å². The van der Waals surface area contributed by atoms with Gasteiger partial charge in [0.1, 0.15) is 0 Å². The number of ether oxygens (including phenoxy) is 1. The summed E-state index contributed by atoms with van der Waals surface area (Å²) >= 11 is 0. The fourth-order valence-electron chi connectivity index (χ4n) is 2.43. The standard InChI is InChI=1S/C17H13NO6/c1-9(19)23-15-13(20)14(24-16(15)18-17(21)22)12-8-4-6-10-5-2-3-7-11(10)12/h2-8,18,20H,1H3,(H,21,22). The van der Waals surface area contributed by atoms with Crippen LogP contribution in [0, 0.1) is 0 Å². The van der Waals surface area contributed by atoms with Crippen molar-refractivity contribution >= 4 is 28.7 Å². The average molecular weight is 327 g/mol. The topological polar surface area (TPSA) is 109 Å².